The Labute approximate surface area is 132 Å². The maximum absolute atomic E-state index is 12.9. The van der Waals surface area contributed by atoms with Gasteiger partial charge in [0.25, 0.3) is 0 Å². The summed E-state index contributed by atoms with van der Waals surface area (Å²) in [5.41, 5.74) is -1.40. The van der Waals surface area contributed by atoms with Crippen LogP contribution < -0.4 is 10.6 Å². The molecular weight excluding hydrogens is 329 g/mol. The van der Waals surface area contributed by atoms with Crippen molar-refractivity contribution in [3.8, 4) is 0 Å². The van der Waals surface area contributed by atoms with Gasteiger partial charge in [-0.2, -0.15) is 13.2 Å². The molecule has 126 valence electrons. The quantitative estimate of drug-likeness (QED) is 0.874. The lowest BCUT2D eigenvalue weighted by atomic mass is 10.1. The van der Waals surface area contributed by atoms with Gasteiger partial charge in [0, 0.05) is 11.4 Å². The van der Waals surface area contributed by atoms with Crippen LogP contribution in [0, 0.1) is 0 Å². The van der Waals surface area contributed by atoms with Crippen molar-refractivity contribution in [3.05, 3.63) is 51.6 Å². The minimum absolute atomic E-state index is 0.0295. The molecule has 0 atom stereocenters. The normalized spacial score (nSPS) is 14.8. The minimum Gasteiger partial charge on any atom is -0.478 e. The van der Waals surface area contributed by atoms with Crippen molar-refractivity contribution in [1.29, 1.82) is 0 Å². The number of aliphatic carboxylic acids is 1. The van der Waals surface area contributed by atoms with Crippen molar-refractivity contribution in [2.45, 2.75) is 19.6 Å². The number of carbonyl (C=O) groups is 1. The van der Waals surface area contributed by atoms with E-state index in [0.29, 0.717) is 0 Å². The summed E-state index contributed by atoms with van der Waals surface area (Å²) in [5.74, 6) is -1.23. The number of anilines is 2. The molecule has 0 aliphatic carbocycles. The van der Waals surface area contributed by atoms with E-state index in [2.05, 4.69) is 10.2 Å². The molecule has 1 aliphatic rings. The van der Waals surface area contributed by atoms with Gasteiger partial charge in [0.1, 0.15) is 0 Å². The molecule has 0 saturated carbocycles. The first-order valence-corrected chi connectivity index (χ1v) is 6.76. The highest BCUT2D eigenvalue weighted by Crippen LogP contribution is 2.36. The maximum Gasteiger partial charge on any atom is 0.416 e. The van der Waals surface area contributed by atoms with Crippen LogP contribution in [0.2, 0.25) is 0 Å². The second kappa shape index (κ2) is 5.25. The number of hydrogen-bond acceptors (Lipinski definition) is 4. The Kier molecular flexibility index (Phi) is 3.47. The summed E-state index contributed by atoms with van der Waals surface area (Å²) < 4.78 is 39.9. The largest absolute Gasteiger partial charge is 0.478 e. The molecule has 24 heavy (non-hydrogen) atoms. The number of aromatic nitrogens is 3. The molecule has 0 saturated heterocycles. The second-order valence-electron chi connectivity index (χ2n) is 5.17. The number of halogens is 3. The van der Waals surface area contributed by atoms with E-state index in [1.807, 2.05) is 0 Å². The van der Waals surface area contributed by atoms with Crippen LogP contribution in [0.1, 0.15) is 12.5 Å². The Balaban J connectivity index is 2.22. The fourth-order valence-electron chi connectivity index (χ4n) is 2.53. The number of rotatable bonds is 2. The molecule has 0 spiro atoms. The van der Waals surface area contributed by atoms with Gasteiger partial charge in [0.2, 0.25) is 5.95 Å². The zero-order valence-corrected chi connectivity index (χ0v) is 12.3. The van der Waals surface area contributed by atoms with Crippen LogP contribution in [-0.4, -0.2) is 25.8 Å². The van der Waals surface area contributed by atoms with Crippen molar-refractivity contribution in [2.24, 2.45) is 0 Å². The number of aromatic amines is 1. The topological polar surface area (TPSA) is 91.2 Å². The predicted molar refractivity (Wildman–Crippen MR) is 76.8 cm³/mol. The van der Waals surface area contributed by atoms with Gasteiger partial charge < -0.3 is 5.11 Å². The van der Waals surface area contributed by atoms with Crippen molar-refractivity contribution >= 4 is 17.6 Å². The lowest BCUT2D eigenvalue weighted by Gasteiger charge is -2.30. The second-order valence-corrected chi connectivity index (χ2v) is 5.17. The third kappa shape index (κ3) is 2.45. The van der Waals surface area contributed by atoms with Gasteiger partial charge in [0.15, 0.2) is 0 Å². The van der Waals surface area contributed by atoms with Crippen molar-refractivity contribution in [1.82, 2.24) is 14.8 Å². The first-order chi connectivity index (χ1) is 11.2. The third-order valence-electron chi connectivity index (χ3n) is 3.72. The van der Waals surface area contributed by atoms with Gasteiger partial charge in [0.05, 0.1) is 17.7 Å². The number of hydrogen-bond donors (Lipinski definition) is 2. The van der Waals surface area contributed by atoms with Crippen LogP contribution >= 0.6 is 0 Å². The molecular formula is C14H11F3N4O3. The average Bonchev–Trinajstić information content (AvgIpc) is 2.86. The van der Waals surface area contributed by atoms with E-state index in [9.17, 15) is 27.9 Å². The number of H-pyrrole nitrogens is 1. The summed E-state index contributed by atoms with van der Waals surface area (Å²) in [6, 6.07) is 4.36. The van der Waals surface area contributed by atoms with Gasteiger partial charge in [-0.1, -0.05) is 6.07 Å². The van der Waals surface area contributed by atoms with Crippen LogP contribution in [0.25, 0.3) is 0 Å². The van der Waals surface area contributed by atoms with Crippen molar-refractivity contribution < 1.29 is 23.1 Å². The average molecular weight is 340 g/mol. The summed E-state index contributed by atoms with van der Waals surface area (Å²) in [4.78, 5) is 24.4. The summed E-state index contributed by atoms with van der Waals surface area (Å²) in [5, 5.41) is 15.3. The number of nitrogens with zero attached hydrogens (tertiary/aromatic N) is 3. The van der Waals surface area contributed by atoms with Crippen LogP contribution in [-0.2, 0) is 17.5 Å². The van der Waals surface area contributed by atoms with Gasteiger partial charge in [-0.3, -0.25) is 9.47 Å². The van der Waals surface area contributed by atoms with Crippen LogP contribution in [0.3, 0.4) is 0 Å². The molecule has 0 bridgehead atoms. The number of carboxylic acid groups (broad SMARTS) is 1. The summed E-state index contributed by atoms with van der Waals surface area (Å²) in [6.07, 6.45) is -4.55. The summed E-state index contributed by atoms with van der Waals surface area (Å²) in [7, 11) is 0. The number of carboxylic acids is 1. The number of alkyl halides is 3. The molecule has 1 aromatic heterocycles. The molecule has 1 aromatic carbocycles. The molecule has 0 unspecified atom stereocenters. The Hall–Kier alpha value is -3.04. The van der Waals surface area contributed by atoms with E-state index < -0.39 is 23.4 Å². The Bertz CT molecular complexity index is 910. The molecule has 2 N–H and O–H groups in total. The number of allylic oxidation sites excluding steroid dienone is 1. The zero-order valence-electron chi connectivity index (χ0n) is 12.3. The highest BCUT2D eigenvalue weighted by Gasteiger charge is 2.33. The number of fused-ring (bicyclic) bond motifs is 1. The standard InChI is InChI=1S/C14H11F3N4O3/c1-7-10(11(22)23)6-20-12(18-19-13(20)24)21(7)9-4-2-3-8(5-9)14(15,16)17/h2-5H,6H2,1H3,(H,19,24)(H,22,23). The molecule has 1 aliphatic heterocycles. The molecule has 2 heterocycles. The van der Waals surface area contributed by atoms with E-state index in [-0.39, 0.29) is 29.5 Å². The predicted octanol–water partition coefficient (Wildman–Crippen LogP) is 2.10. The van der Waals surface area contributed by atoms with Crippen LogP contribution in [0.5, 0.6) is 0 Å². The molecule has 10 heteroatoms. The van der Waals surface area contributed by atoms with E-state index >= 15 is 0 Å². The lowest BCUT2D eigenvalue weighted by molar-refractivity contribution is -0.137. The van der Waals surface area contributed by atoms with E-state index in [1.165, 1.54) is 24.0 Å². The fraction of sp³-hybridized carbons (Fsp3) is 0.214. The highest BCUT2D eigenvalue weighted by molar-refractivity contribution is 5.90. The van der Waals surface area contributed by atoms with E-state index in [1.54, 1.807) is 0 Å². The summed E-state index contributed by atoms with van der Waals surface area (Å²) >= 11 is 0. The zero-order chi connectivity index (χ0) is 17.6. The highest BCUT2D eigenvalue weighted by atomic mass is 19.4. The number of benzene rings is 1. The Morgan fingerprint density at radius 2 is 2.08 bits per heavy atom. The SMILES string of the molecule is CC1=C(C(=O)O)Cn2c(n[nH]c2=O)N1c1cccc(C(F)(F)F)c1. The van der Waals surface area contributed by atoms with Gasteiger partial charge >= 0.3 is 17.8 Å². The Morgan fingerprint density at radius 3 is 2.71 bits per heavy atom. The number of nitrogens with one attached hydrogen (secondary N) is 1. The Morgan fingerprint density at radius 1 is 1.38 bits per heavy atom. The lowest BCUT2D eigenvalue weighted by Crippen LogP contribution is -2.33. The fourth-order valence-corrected chi connectivity index (χ4v) is 2.53. The summed E-state index contributed by atoms with van der Waals surface area (Å²) in [6.45, 7) is 1.23. The minimum atomic E-state index is -4.55. The van der Waals surface area contributed by atoms with Crippen LogP contribution in [0.15, 0.2) is 40.3 Å². The van der Waals surface area contributed by atoms with Gasteiger partial charge in [-0.25, -0.2) is 14.7 Å². The molecule has 0 amide bonds. The maximum atomic E-state index is 12.9. The van der Waals surface area contributed by atoms with Gasteiger partial charge in [-0.05, 0) is 25.1 Å². The monoisotopic (exact) mass is 340 g/mol. The van der Waals surface area contributed by atoms with Crippen LogP contribution in [0.4, 0.5) is 24.8 Å². The van der Waals surface area contributed by atoms with Gasteiger partial charge in [-0.15, -0.1) is 5.10 Å². The first kappa shape index (κ1) is 15.8. The molecule has 3 rings (SSSR count). The molecule has 2 aromatic rings. The van der Waals surface area contributed by atoms with Crippen molar-refractivity contribution in [2.75, 3.05) is 4.90 Å². The van der Waals surface area contributed by atoms with E-state index in [0.717, 1.165) is 16.7 Å². The molecule has 0 fully saturated rings. The first-order valence-electron chi connectivity index (χ1n) is 6.76. The smallest absolute Gasteiger partial charge is 0.416 e. The molecule has 0 radical (unpaired) electrons. The van der Waals surface area contributed by atoms with Crippen molar-refractivity contribution in [3.63, 3.8) is 0 Å². The molecule has 7 nitrogen and oxygen atoms in total. The third-order valence-corrected chi connectivity index (χ3v) is 3.72. The van der Waals surface area contributed by atoms with E-state index in [4.69, 9.17) is 0 Å².